The smallest absolute Gasteiger partial charge is 0.134 e. The summed E-state index contributed by atoms with van der Waals surface area (Å²) in [6.45, 7) is 2.54. The Kier molecular flexibility index (Phi) is 2.82. The monoisotopic (exact) mass is 204 g/mol. The molecule has 2 unspecified atom stereocenters. The average molecular weight is 204 g/mol. The van der Waals surface area contributed by atoms with Gasteiger partial charge >= 0.3 is 0 Å². The third kappa shape index (κ3) is 2.07. The molecule has 1 aromatic rings. The van der Waals surface area contributed by atoms with E-state index in [4.69, 9.17) is 0 Å². The van der Waals surface area contributed by atoms with E-state index in [1.54, 1.807) is 6.92 Å². The molecule has 0 amide bonds. The lowest BCUT2D eigenvalue weighted by atomic mass is 10.00. The molecule has 2 heterocycles. The first kappa shape index (κ1) is 10.3. The first-order chi connectivity index (χ1) is 7.18. The minimum atomic E-state index is 0.182. The van der Waals surface area contributed by atoms with Gasteiger partial charge in [0, 0.05) is 18.7 Å². The van der Waals surface area contributed by atoms with Crippen molar-refractivity contribution in [3.63, 3.8) is 0 Å². The highest BCUT2D eigenvalue weighted by Gasteiger charge is 2.33. The second-order valence-corrected chi connectivity index (χ2v) is 4.25. The molecule has 0 bridgehead atoms. The predicted molar refractivity (Wildman–Crippen MR) is 58.4 cm³/mol. The number of likely N-dealkylation sites (tertiary alicyclic amines) is 1. The van der Waals surface area contributed by atoms with E-state index in [1.165, 1.54) is 0 Å². The van der Waals surface area contributed by atoms with Crippen LogP contribution < -0.4 is 0 Å². The molecule has 0 saturated carbocycles. The zero-order chi connectivity index (χ0) is 10.8. The van der Waals surface area contributed by atoms with E-state index in [9.17, 15) is 4.79 Å². The fourth-order valence-electron chi connectivity index (χ4n) is 2.21. The van der Waals surface area contributed by atoms with Gasteiger partial charge in [-0.05, 0) is 32.5 Å². The SMILES string of the molecule is CC(=O)C1CC(c2ccccn2)N(C)C1. The molecule has 2 atom stereocenters. The van der Waals surface area contributed by atoms with Gasteiger partial charge in [0.2, 0.25) is 0 Å². The first-order valence-corrected chi connectivity index (χ1v) is 5.30. The van der Waals surface area contributed by atoms with Crippen molar-refractivity contribution in [1.29, 1.82) is 0 Å². The van der Waals surface area contributed by atoms with Gasteiger partial charge in [-0.1, -0.05) is 6.07 Å². The highest BCUT2D eigenvalue weighted by Crippen LogP contribution is 2.33. The second kappa shape index (κ2) is 4.11. The predicted octanol–water partition coefficient (Wildman–Crippen LogP) is 1.66. The largest absolute Gasteiger partial charge is 0.300 e. The van der Waals surface area contributed by atoms with Crippen molar-refractivity contribution in [3.05, 3.63) is 30.1 Å². The third-order valence-corrected chi connectivity index (χ3v) is 3.15. The average Bonchev–Trinajstić information content (AvgIpc) is 2.62. The number of carbonyl (C=O) groups excluding carboxylic acids is 1. The van der Waals surface area contributed by atoms with Gasteiger partial charge in [-0.15, -0.1) is 0 Å². The van der Waals surface area contributed by atoms with Gasteiger partial charge in [0.1, 0.15) is 5.78 Å². The number of nitrogens with zero attached hydrogens (tertiary/aromatic N) is 2. The van der Waals surface area contributed by atoms with Gasteiger partial charge in [0.25, 0.3) is 0 Å². The molecule has 1 aliphatic heterocycles. The Bertz CT molecular complexity index is 350. The van der Waals surface area contributed by atoms with E-state index in [0.717, 1.165) is 18.7 Å². The molecule has 0 aliphatic carbocycles. The van der Waals surface area contributed by atoms with Crippen molar-refractivity contribution >= 4 is 5.78 Å². The Morgan fingerprint density at radius 1 is 1.53 bits per heavy atom. The lowest BCUT2D eigenvalue weighted by Crippen LogP contribution is -2.20. The topological polar surface area (TPSA) is 33.2 Å². The van der Waals surface area contributed by atoms with Crippen LogP contribution in [0.25, 0.3) is 0 Å². The van der Waals surface area contributed by atoms with Crippen molar-refractivity contribution < 1.29 is 4.79 Å². The van der Waals surface area contributed by atoms with Crippen molar-refractivity contribution in [2.45, 2.75) is 19.4 Å². The summed E-state index contributed by atoms with van der Waals surface area (Å²) in [7, 11) is 2.06. The quantitative estimate of drug-likeness (QED) is 0.734. The summed E-state index contributed by atoms with van der Waals surface area (Å²) in [6.07, 6.45) is 2.72. The molecule has 1 fully saturated rings. The van der Waals surface area contributed by atoms with Crippen molar-refractivity contribution in [2.24, 2.45) is 5.92 Å². The summed E-state index contributed by atoms with van der Waals surface area (Å²) in [5.41, 5.74) is 1.07. The van der Waals surface area contributed by atoms with E-state index >= 15 is 0 Å². The molecule has 1 saturated heterocycles. The molecule has 0 spiro atoms. The van der Waals surface area contributed by atoms with Crippen molar-refractivity contribution in [2.75, 3.05) is 13.6 Å². The minimum absolute atomic E-state index is 0.182. The van der Waals surface area contributed by atoms with Gasteiger partial charge in [-0.2, -0.15) is 0 Å². The Morgan fingerprint density at radius 2 is 2.33 bits per heavy atom. The molecule has 0 N–H and O–H groups in total. The van der Waals surface area contributed by atoms with Crippen LogP contribution in [-0.2, 0) is 4.79 Å². The Balaban J connectivity index is 2.15. The molecule has 2 rings (SSSR count). The molecule has 0 radical (unpaired) electrons. The molecule has 1 aliphatic rings. The maximum absolute atomic E-state index is 11.3. The van der Waals surface area contributed by atoms with E-state index in [1.807, 2.05) is 24.4 Å². The molecule has 1 aromatic heterocycles. The first-order valence-electron chi connectivity index (χ1n) is 5.30. The van der Waals surface area contributed by atoms with Crippen molar-refractivity contribution in [1.82, 2.24) is 9.88 Å². The number of ketones is 1. The van der Waals surface area contributed by atoms with Crippen LogP contribution in [-0.4, -0.2) is 29.3 Å². The van der Waals surface area contributed by atoms with E-state index in [-0.39, 0.29) is 5.92 Å². The number of aromatic nitrogens is 1. The summed E-state index contributed by atoms with van der Waals surface area (Å²) in [4.78, 5) is 17.9. The van der Waals surface area contributed by atoms with Crippen LogP contribution in [0.3, 0.4) is 0 Å². The molecular weight excluding hydrogens is 188 g/mol. The fourth-order valence-corrected chi connectivity index (χ4v) is 2.21. The van der Waals surface area contributed by atoms with E-state index < -0.39 is 0 Å². The number of rotatable bonds is 2. The molecule has 80 valence electrons. The van der Waals surface area contributed by atoms with Gasteiger partial charge in [0.05, 0.1) is 11.7 Å². The number of Topliss-reactive ketones (excluding diaryl/α,β-unsaturated/α-hetero) is 1. The van der Waals surface area contributed by atoms with E-state index in [2.05, 4.69) is 16.9 Å². The lowest BCUT2D eigenvalue weighted by molar-refractivity contribution is -0.120. The Morgan fingerprint density at radius 3 is 2.87 bits per heavy atom. The van der Waals surface area contributed by atoms with Crippen LogP contribution in [0.1, 0.15) is 25.1 Å². The summed E-state index contributed by atoms with van der Waals surface area (Å²) in [5, 5.41) is 0. The standard InChI is InChI=1S/C12H16N2O/c1-9(15)10-7-12(14(2)8-10)11-5-3-4-6-13-11/h3-6,10,12H,7-8H2,1-2H3. The molecule has 0 aromatic carbocycles. The Hall–Kier alpha value is -1.22. The maximum Gasteiger partial charge on any atom is 0.134 e. The maximum atomic E-state index is 11.3. The highest BCUT2D eigenvalue weighted by atomic mass is 16.1. The lowest BCUT2D eigenvalue weighted by Gasteiger charge is -2.17. The number of pyridine rings is 1. The van der Waals surface area contributed by atoms with Crippen LogP contribution >= 0.6 is 0 Å². The minimum Gasteiger partial charge on any atom is -0.300 e. The van der Waals surface area contributed by atoms with Crippen LogP contribution in [0.15, 0.2) is 24.4 Å². The summed E-state index contributed by atoms with van der Waals surface area (Å²) in [5.74, 6) is 0.474. The third-order valence-electron chi connectivity index (χ3n) is 3.15. The van der Waals surface area contributed by atoms with Crippen LogP contribution in [0.5, 0.6) is 0 Å². The van der Waals surface area contributed by atoms with Gasteiger partial charge < -0.3 is 0 Å². The van der Waals surface area contributed by atoms with Crippen molar-refractivity contribution in [3.8, 4) is 0 Å². The summed E-state index contributed by atoms with van der Waals surface area (Å²) >= 11 is 0. The van der Waals surface area contributed by atoms with Gasteiger partial charge in [-0.3, -0.25) is 14.7 Å². The normalized spacial score (nSPS) is 26.8. The van der Waals surface area contributed by atoms with E-state index in [0.29, 0.717) is 11.8 Å². The van der Waals surface area contributed by atoms with Crippen LogP contribution in [0.4, 0.5) is 0 Å². The van der Waals surface area contributed by atoms with Gasteiger partial charge in [-0.25, -0.2) is 0 Å². The molecule has 15 heavy (non-hydrogen) atoms. The zero-order valence-electron chi connectivity index (χ0n) is 9.18. The summed E-state index contributed by atoms with van der Waals surface area (Å²) < 4.78 is 0. The molecule has 3 heteroatoms. The van der Waals surface area contributed by atoms with Crippen LogP contribution in [0, 0.1) is 5.92 Å². The van der Waals surface area contributed by atoms with Gasteiger partial charge in [0.15, 0.2) is 0 Å². The molecule has 3 nitrogen and oxygen atoms in total. The number of carbonyl (C=O) groups is 1. The highest BCUT2D eigenvalue weighted by molar-refractivity contribution is 5.78. The fraction of sp³-hybridized carbons (Fsp3) is 0.500. The zero-order valence-corrected chi connectivity index (χ0v) is 9.18. The Labute approximate surface area is 90.1 Å². The second-order valence-electron chi connectivity index (χ2n) is 4.25. The molecular formula is C12H16N2O. The summed E-state index contributed by atoms with van der Waals surface area (Å²) in [6, 6.07) is 6.25. The number of hydrogen-bond acceptors (Lipinski definition) is 3. The van der Waals surface area contributed by atoms with Crippen LogP contribution in [0.2, 0.25) is 0 Å². The number of hydrogen-bond donors (Lipinski definition) is 0.